The van der Waals surface area contributed by atoms with Crippen molar-refractivity contribution in [2.45, 2.75) is 0 Å². The summed E-state index contributed by atoms with van der Waals surface area (Å²) in [6, 6.07) is 16.7. The number of aryl methyl sites for hydroxylation is 2. The van der Waals surface area contributed by atoms with Crippen molar-refractivity contribution in [2.75, 3.05) is 0 Å². The average Bonchev–Trinajstić information content (AvgIpc) is 2.79. The largest absolute Gasteiger partial charge is 0.337 e. The van der Waals surface area contributed by atoms with Gasteiger partial charge in [-0.05, 0) is 18.2 Å². The molecule has 0 radical (unpaired) electrons. The quantitative estimate of drug-likeness (QED) is 0.431. The van der Waals surface area contributed by atoms with Gasteiger partial charge in [0, 0.05) is 13.1 Å². The topological polar surface area (TPSA) is 8.81 Å². The van der Waals surface area contributed by atoms with Gasteiger partial charge < -0.3 is 4.57 Å². The minimum Gasteiger partial charge on any atom is -0.337 e. The van der Waals surface area contributed by atoms with E-state index in [-0.39, 0.29) is 0 Å². The number of fused-ring (bicyclic) bond motifs is 4. The highest BCUT2D eigenvalue weighted by Gasteiger charge is 2.23. The van der Waals surface area contributed by atoms with E-state index >= 15 is 0 Å². The summed E-state index contributed by atoms with van der Waals surface area (Å²) in [5.74, 6) is 0. The van der Waals surface area contributed by atoms with E-state index in [9.17, 15) is 0 Å². The standard InChI is InChI=1S/C17H14ClN2/c1-19-13-9-5-3-7-11(13)15(18)17-16(19)12-8-4-6-10-14(12)20(17)2/h3-10H,1-2H3/q+1. The number of aromatic nitrogens is 2. The number of hydrogen-bond acceptors (Lipinski definition) is 0. The fourth-order valence-corrected chi connectivity index (χ4v) is 3.54. The lowest BCUT2D eigenvalue weighted by molar-refractivity contribution is -0.616. The first-order valence-corrected chi connectivity index (χ1v) is 7.01. The molecule has 0 amide bonds. The van der Waals surface area contributed by atoms with E-state index in [1.807, 2.05) is 6.07 Å². The second-order valence-corrected chi connectivity index (χ2v) is 5.54. The molecular weight excluding hydrogens is 268 g/mol. The molecule has 0 bridgehead atoms. The summed E-state index contributed by atoms with van der Waals surface area (Å²) in [7, 11) is 4.18. The molecule has 0 aliphatic heterocycles. The predicted molar refractivity (Wildman–Crippen MR) is 84.1 cm³/mol. The Hall–Kier alpha value is -2.06. The number of pyridine rings is 1. The van der Waals surface area contributed by atoms with Crippen molar-refractivity contribution in [1.82, 2.24) is 4.57 Å². The Morgan fingerprint density at radius 2 is 1.60 bits per heavy atom. The van der Waals surface area contributed by atoms with Crippen LogP contribution in [0.3, 0.4) is 0 Å². The molecule has 20 heavy (non-hydrogen) atoms. The fraction of sp³-hybridized carbons (Fsp3) is 0.118. The Kier molecular flexibility index (Phi) is 2.33. The second kappa shape index (κ2) is 3.97. The summed E-state index contributed by atoms with van der Waals surface area (Å²) < 4.78 is 4.42. The van der Waals surface area contributed by atoms with Gasteiger partial charge in [-0.25, -0.2) is 0 Å². The Morgan fingerprint density at radius 3 is 2.40 bits per heavy atom. The maximum atomic E-state index is 6.69. The number of hydrogen-bond donors (Lipinski definition) is 0. The van der Waals surface area contributed by atoms with Crippen molar-refractivity contribution in [2.24, 2.45) is 14.1 Å². The fourth-order valence-electron chi connectivity index (χ4n) is 3.16. The third-order valence-electron chi connectivity index (χ3n) is 4.13. The highest BCUT2D eigenvalue weighted by molar-refractivity contribution is 6.40. The lowest BCUT2D eigenvalue weighted by atomic mass is 10.1. The van der Waals surface area contributed by atoms with E-state index in [1.165, 1.54) is 16.4 Å². The van der Waals surface area contributed by atoms with E-state index in [2.05, 4.69) is 65.7 Å². The summed E-state index contributed by atoms with van der Waals surface area (Å²) in [6.07, 6.45) is 0. The van der Waals surface area contributed by atoms with Gasteiger partial charge in [-0.2, -0.15) is 4.57 Å². The van der Waals surface area contributed by atoms with Gasteiger partial charge in [0.2, 0.25) is 11.0 Å². The van der Waals surface area contributed by atoms with E-state index in [0.717, 1.165) is 21.4 Å². The Bertz CT molecular complexity index is 983. The van der Waals surface area contributed by atoms with Crippen molar-refractivity contribution < 1.29 is 4.57 Å². The van der Waals surface area contributed by atoms with Crippen LogP contribution in [0.5, 0.6) is 0 Å². The average molecular weight is 282 g/mol. The minimum absolute atomic E-state index is 0.826. The molecule has 2 aromatic heterocycles. The molecule has 4 rings (SSSR count). The molecule has 0 N–H and O–H groups in total. The lowest BCUT2D eigenvalue weighted by Crippen LogP contribution is -2.30. The van der Waals surface area contributed by atoms with Crippen molar-refractivity contribution in [1.29, 1.82) is 0 Å². The van der Waals surface area contributed by atoms with E-state index in [0.29, 0.717) is 0 Å². The van der Waals surface area contributed by atoms with Crippen LogP contribution in [0.25, 0.3) is 32.8 Å². The Labute approximate surface area is 121 Å². The van der Waals surface area contributed by atoms with Gasteiger partial charge in [0.25, 0.3) is 0 Å². The summed E-state index contributed by atoms with van der Waals surface area (Å²) in [5, 5.41) is 3.16. The number of benzene rings is 2. The molecule has 4 aromatic rings. The maximum absolute atomic E-state index is 6.69. The summed E-state index contributed by atoms with van der Waals surface area (Å²) >= 11 is 6.69. The van der Waals surface area contributed by atoms with Crippen LogP contribution in [-0.2, 0) is 14.1 Å². The van der Waals surface area contributed by atoms with Crippen molar-refractivity contribution >= 4 is 44.4 Å². The second-order valence-electron chi connectivity index (χ2n) is 5.16. The number of rotatable bonds is 0. The van der Waals surface area contributed by atoms with Crippen LogP contribution in [-0.4, -0.2) is 4.57 Å². The zero-order valence-corrected chi connectivity index (χ0v) is 12.1. The van der Waals surface area contributed by atoms with Crippen LogP contribution in [0.1, 0.15) is 0 Å². The van der Waals surface area contributed by atoms with Gasteiger partial charge >= 0.3 is 0 Å². The van der Waals surface area contributed by atoms with Crippen molar-refractivity contribution in [3.05, 3.63) is 53.6 Å². The molecule has 98 valence electrons. The highest BCUT2D eigenvalue weighted by Crippen LogP contribution is 2.34. The zero-order chi connectivity index (χ0) is 13.9. The molecule has 0 atom stereocenters. The molecular formula is C17H14ClN2+. The smallest absolute Gasteiger partial charge is 0.240 e. The lowest BCUT2D eigenvalue weighted by Gasteiger charge is -2.03. The number of para-hydroxylation sites is 2. The Morgan fingerprint density at radius 1 is 0.950 bits per heavy atom. The first kappa shape index (κ1) is 11.7. The third kappa shape index (κ3) is 1.32. The van der Waals surface area contributed by atoms with Crippen LogP contribution >= 0.6 is 11.6 Å². The first-order valence-electron chi connectivity index (χ1n) is 6.63. The van der Waals surface area contributed by atoms with E-state index < -0.39 is 0 Å². The van der Waals surface area contributed by atoms with Crippen LogP contribution in [0.15, 0.2) is 48.5 Å². The normalized spacial score (nSPS) is 11.8. The van der Waals surface area contributed by atoms with Gasteiger partial charge in [-0.3, -0.25) is 0 Å². The molecule has 2 nitrogen and oxygen atoms in total. The summed E-state index contributed by atoms with van der Waals surface area (Å²) in [4.78, 5) is 0. The first-order chi connectivity index (χ1) is 9.70. The van der Waals surface area contributed by atoms with Gasteiger partial charge in [0.05, 0.1) is 21.3 Å². The van der Waals surface area contributed by atoms with Crippen LogP contribution in [0, 0.1) is 0 Å². The SMILES string of the molecule is Cn1c2ccccc2c2c1c(Cl)c1ccccc1[n+]2C. The number of nitrogens with zero attached hydrogens (tertiary/aromatic N) is 2. The minimum atomic E-state index is 0.826. The van der Waals surface area contributed by atoms with Gasteiger partial charge in [0.15, 0.2) is 0 Å². The summed E-state index contributed by atoms with van der Waals surface area (Å²) in [6.45, 7) is 0. The molecule has 0 aliphatic rings. The zero-order valence-electron chi connectivity index (χ0n) is 11.4. The molecule has 2 aromatic carbocycles. The number of halogens is 1. The van der Waals surface area contributed by atoms with E-state index in [4.69, 9.17) is 11.6 Å². The molecule has 0 fully saturated rings. The highest BCUT2D eigenvalue weighted by atomic mass is 35.5. The van der Waals surface area contributed by atoms with Crippen molar-refractivity contribution in [3.63, 3.8) is 0 Å². The van der Waals surface area contributed by atoms with Gasteiger partial charge in [-0.15, -0.1) is 0 Å². The third-order valence-corrected chi connectivity index (χ3v) is 4.51. The Balaban J connectivity index is 2.44. The maximum Gasteiger partial charge on any atom is 0.240 e. The van der Waals surface area contributed by atoms with Gasteiger partial charge in [-0.1, -0.05) is 35.9 Å². The summed E-state index contributed by atoms with van der Waals surface area (Å²) in [5.41, 5.74) is 4.64. The molecule has 3 heteroatoms. The molecule has 0 saturated heterocycles. The molecule has 0 aliphatic carbocycles. The predicted octanol–water partition coefficient (Wildman–Crippen LogP) is 3.96. The molecule has 0 spiro atoms. The van der Waals surface area contributed by atoms with Crippen molar-refractivity contribution in [3.8, 4) is 0 Å². The van der Waals surface area contributed by atoms with E-state index in [1.54, 1.807) is 0 Å². The molecule has 0 unspecified atom stereocenters. The molecule has 0 saturated carbocycles. The van der Waals surface area contributed by atoms with Crippen LogP contribution in [0.2, 0.25) is 5.02 Å². The van der Waals surface area contributed by atoms with Crippen LogP contribution < -0.4 is 4.57 Å². The molecule has 2 heterocycles. The van der Waals surface area contributed by atoms with Gasteiger partial charge in [0.1, 0.15) is 12.6 Å². The monoisotopic (exact) mass is 281 g/mol. The van der Waals surface area contributed by atoms with Crippen LogP contribution in [0.4, 0.5) is 0 Å².